The maximum atomic E-state index is 11.9. The van der Waals surface area contributed by atoms with E-state index >= 15 is 0 Å². The smallest absolute Gasteiger partial charge is 0.336 e. The summed E-state index contributed by atoms with van der Waals surface area (Å²) in [7, 11) is 1.66. The fraction of sp³-hybridized carbons (Fsp3) is 0.600. The van der Waals surface area contributed by atoms with Crippen LogP contribution in [0.15, 0.2) is 29.3 Å². The van der Waals surface area contributed by atoms with Gasteiger partial charge < -0.3 is 9.47 Å². The van der Waals surface area contributed by atoms with Crippen molar-refractivity contribution in [2.24, 2.45) is 4.99 Å². The summed E-state index contributed by atoms with van der Waals surface area (Å²) in [5.41, 5.74) is 2.20. The molecule has 1 aromatic carbocycles. The number of aryl methyl sites for hydroxylation is 1. The second-order valence-electron chi connectivity index (χ2n) is 6.31. The lowest BCUT2D eigenvalue weighted by molar-refractivity contribution is -0.142. The maximum Gasteiger partial charge on any atom is 0.336 e. The van der Waals surface area contributed by atoms with E-state index in [4.69, 9.17) is 9.47 Å². The summed E-state index contributed by atoms with van der Waals surface area (Å²) in [5.74, 6) is 0.687. The zero-order chi connectivity index (χ0) is 17.2. The second-order valence-corrected chi connectivity index (χ2v) is 6.31. The first-order chi connectivity index (χ1) is 11.7. The quantitative estimate of drug-likeness (QED) is 0.422. The van der Waals surface area contributed by atoms with Crippen LogP contribution in [0, 0.1) is 0 Å². The van der Waals surface area contributed by atoms with E-state index in [-0.39, 0.29) is 12.0 Å². The third-order valence-electron chi connectivity index (χ3n) is 4.34. The van der Waals surface area contributed by atoms with Gasteiger partial charge in [0.25, 0.3) is 0 Å². The van der Waals surface area contributed by atoms with Gasteiger partial charge in [-0.3, -0.25) is 4.99 Å². The van der Waals surface area contributed by atoms with Gasteiger partial charge >= 0.3 is 5.97 Å². The zero-order valence-corrected chi connectivity index (χ0v) is 14.9. The Morgan fingerprint density at radius 1 is 1.04 bits per heavy atom. The Morgan fingerprint density at radius 2 is 1.75 bits per heavy atom. The van der Waals surface area contributed by atoms with E-state index in [1.807, 2.05) is 24.3 Å². The van der Waals surface area contributed by atoms with Crippen LogP contribution in [-0.2, 0) is 16.0 Å². The van der Waals surface area contributed by atoms with Gasteiger partial charge in [-0.15, -0.1) is 0 Å². The molecular formula is C20H29NO3. The number of methoxy groups -OCH3 is 1. The minimum Gasteiger partial charge on any atom is -0.497 e. The van der Waals surface area contributed by atoms with Gasteiger partial charge in [-0.05, 0) is 37.0 Å². The maximum absolute atomic E-state index is 11.9. The topological polar surface area (TPSA) is 47.9 Å². The lowest BCUT2D eigenvalue weighted by atomic mass is 10.1. The summed E-state index contributed by atoms with van der Waals surface area (Å²) < 4.78 is 10.5. The Kier molecular flexibility index (Phi) is 7.80. The van der Waals surface area contributed by atoms with Crippen molar-refractivity contribution >= 4 is 11.7 Å². The molecule has 0 spiro atoms. The van der Waals surface area contributed by atoms with Gasteiger partial charge in [0, 0.05) is 0 Å². The van der Waals surface area contributed by atoms with Gasteiger partial charge in [0.1, 0.15) is 5.75 Å². The third kappa shape index (κ3) is 6.34. The van der Waals surface area contributed by atoms with Crippen molar-refractivity contribution < 1.29 is 14.3 Å². The van der Waals surface area contributed by atoms with Crippen LogP contribution in [0.2, 0.25) is 0 Å². The average molecular weight is 331 g/mol. The van der Waals surface area contributed by atoms with Crippen LogP contribution in [0.25, 0.3) is 0 Å². The standard InChI is InChI=1S/C20H29NO3/c1-3-4-5-6-7-8-15-24-20(22)19-18(21-19)14-11-16-9-12-17(23-2)13-10-16/h9-10,12-13,19H,3-8,11,14-15H2,1-2H3. The molecule has 0 fully saturated rings. The van der Waals surface area contributed by atoms with E-state index in [0.717, 1.165) is 37.1 Å². The number of aliphatic imine (C=N–C) groups is 1. The van der Waals surface area contributed by atoms with E-state index in [0.29, 0.717) is 6.61 Å². The van der Waals surface area contributed by atoms with Crippen LogP contribution >= 0.6 is 0 Å². The molecule has 0 aromatic heterocycles. The van der Waals surface area contributed by atoms with Crippen LogP contribution in [0.1, 0.15) is 57.4 Å². The summed E-state index contributed by atoms with van der Waals surface area (Å²) in [4.78, 5) is 16.2. The summed E-state index contributed by atoms with van der Waals surface area (Å²) >= 11 is 0. The molecule has 1 aliphatic rings. The average Bonchev–Trinajstić information content (AvgIpc) is 3.39. The molecule has 0 radical (unpaired) electrons. The molecule has 4 nitrogen and oxygen atoms in total. The molecule has 1 aromatic rings. The number of ether oxygens (including phenoxy) is 2. The highest BCUT2D eigenvalue weighted by Gasteiger charge is 2.35. The molecule has 1 atom stereocenters. The Labute approximate surface area is 145 Å². The summed E-state index contributed by atoms with van der Waals surface area (Å²) in [5, 5.41) is 0. The number of benzene rings is 1. The van der Waals surface area contributed by atoms with Crippen molar-refractivity contribution in [3.8, 4) is 5.75 Å². The Morgan fingerprint density at radius 3 is 2.46 bits per heavy atom. The van der Waals surface area contributed by atoms with Gasteiger partial charge in [0.05, 0.1) is 19.4 Å². The minimum absolute atomic E-state index is 0.173. The van der Waals surface area contributed by atoms with Crippen LogP contribution in [0.4, 0.5) is 0 Å². The third-order valence-corrected chi connectivity index (χ3v) is 4.34. The number of carbonyl (C=O) groups excluding carboxylic acids is 1. The van der Waals surface area contributed by atoms with E-state index in [1.165, 1.54) is 31.2 Å². The highest BCUT2D eigenvalue weighted by Crippen LogP contribution is 2.20. The number of unbranched alkanes of at least 4 members (excludes halogenated alkanes) is 5. The molecule has 0 aliphatic carbocycles. The number of rotatable bonds is 12. The van der Waals surface area contributed by atoms with Gasteiger partial charge in [-0.25, -0.2) is 4.79 Å². The van der Waals surface area contributed by atoms with Crippen LogP contribution in [0.3, 0.4) is 0 Å². The molecule has 0 N–H and O–H groups in total. The first-order valence-electron chi connectivity index (χ1n) is 9.10. The van der Waals surface area contributed by atoms with E-state index < -0.39 is 0 Å². The summed E-state index contributed by atoms with van der Waals surface area (Å²) in [6, 6.07) is 7.71. The minimum atomic E-state index is -0.302. The predicted octanol–water partition coefficient (Wildman–Crippen LogP) is 4.35. The molecule has 1 unspecified atom stereocenters. The molecule has 1 heterocycles. The van der Waals surface area contributed by atoms with E-state index in [1.54, 1.807) is 7.11 Å². The lowest BCUT2D eigenvalue weighted by Crippen LogP contribution is -2.17. The number of hydrogen-bond donors (Lipinski definition) is 0. The molecule has 24 heavy (non-hydrogen) atoms. The van der Waals surface area contributed by atoms with Gasteiger partial charge in [-0.1, -0.05) is 51.2 Å². The van der Waals surface area contributed by atoms with Crippen LogP contribution < -0.4 is 4.74 Å². The monoisotopic (exact) mass is 331 g/mol. The first-order valence-corrected chi connectivity index (χ1v) is 9.10. The Balaban J connectivity index is 1.53. The fourth-order valence-electron chi connectivity index (χ4n) is 2.72. The molecular weight excluding hydrogens is 302 g/mol. The molecule has 0 saturated heterocycles. The molecule has 0 bridgehead atoms. The van der Waals surface area contributed by atoms with E-state index in [9.17, 15) is 4.79 Å². The van der Waals surface area contributed by atoms with Crippen molar-refractivity contribution in [3.05, 3.63) is 29.8 Å². The SMILES string of the molecule is CCCCCCCCOC(=O)C1N=C1CCc1ccc(OC)cc1. The lowest BCUT2D eigenvalue weighted by Gasteiger charge is -2.04. The molecule has 0 amide bonds. The fourth-order valence-corrected chi connectivity index (χ4v) is 2.72. The number of hydrogen-bond acceptors (Lipinski definition) is 4. The van der Waals surface area contributed by atoms with Crippen molar-refractivity contribution in [1.29, 1.82) is 0 Å². The molecule has 2 rings (SSSR count). The normalized spacial score (nSPS) is 15.8. The zero-order valence-electron chi connectivity index (χ0n) is 14.9. The highest BCUT2D eigenvalue weighted by molar-refractivity contribution is 6.16. The van der Waals surface area contributed by atoms with Crippen molar-refractivity contribution in [2.75, 3.05) is 13.7 Å². The van der Waals surface area contributed by atoms with Crippen LogP contribution in [0.5, 0.6) is 5.75 Å². The van der Waals surface area contributed by atoms with Gasteiger partial charge in [0.15, 0.2) is 6.04 Å². The molecule has 4 heteroatoms. The second kappa shape index (κ2) is 10.1. The van der Waals surface area contributed by atoms with Crippen molar-refractivity contribution in [3.63, 3.8) is 0 Å². The predicted molar refractivity (Wildman–Crippen MR) is 96.9 cm³/mol. The van der Waals surface area contributed by atoms with Gasteiger partial charge in [0.2, 0.25) is 0 Å². The molecule has 1 aliphatic heterocycles. The van der Waals surface area contributed by atoms with Gasteiger partial charge in [-0.2, -0.15) is 0 Å². The largest absolute Gasteiger partial charge is 0.497 e. The summed E-state index contributed by atoms with van der Waals surface area (Å²) in [6.07, 6.45) is 8.89. The van der Waals surface area contributed by atoms with Crippen LogP contribution in [-0.4, -0.2) is 31.4 Å². The first kappa shape index (κ1) is 18.5. The summed E-state index contributed by atoms with van der Waals surface area (Å²) in [6.45, 7) is 2.74. The van der Waals surface area contributed by atoms with E-state index in [2.05, 4.69) is 11.9 Å². The number of nitrogens with zero attached hydrogens (tertiary/aromatic N) is 1. The Bertz CT molecular complexity index is 536. The Hall–Kier alpha value is -1.84. The molecule has 0 saturated carbocycles. The van der Waals surface area contributed by atoms with Crippen molar-refractivity contribution in [2.45, 2.75) is 64.3 Å². The number of esters is 1. The number of carbonyl (C=O) groups is 1. The van der Waals surface area contributed by atoms with Crippen molar-refractivity contribution in [1.82, 2.24) is 0 Å². The molecule has 132 valence electrons. The highest BCUT2D eigenvalue weighted by atomic mass is 16.5.